The number of amides is 1. The molecule has 20 heavy (non-hydrogen) atoms. The summed E-state index contributed by atoms with van der Waals surface area (Å²) in [6.07, 6.45) is 0. The number of aromatic hydroxyl groups is 1. The third-order valence-electron chi connectivity index (χ3n) is 2.41. The number of hydrogen-bond acceptors (Lipinski definition) is 3. The first-order chi connectivity index (χ1) is 9.54. The van der Waals surface area contributed by atoms with Gasteiger partial charge >= 0.3 is 0 Å². The fourth-order valence-electron chi connectivity index (χ4n) is 1.47. The second-order valence-electron chi connectivity index (χ2n) is 3.96. The van der Waals surface area contributed by atoms with Gasteiger partial charge in [-0.05, 0) is 36.4 Å². The van der Waals surface area contributed by atoms with Crippen molar-refractivity contribution in [3.63, 3.8) is 0 Å². The number of hydrogen-bond donors (Lipinski definition) is 2. The number of ether oxygens (including phenoxy) is 1. The molecule has 0 radical (unpaired) electrons. The molecular formula is C14H11Cl2NO3. The van der Waals surface area contributed by atoms with Gasteiger partial charge in [0.05, 0.1) is 5.02 Å². The molecule has 0 saturated heterocycles. The van der Waals surface area contributed by atoms with Gasteiger partial charge < -0.3 is 15.2 Å². The van der Waals surface area contributed by atoms with Crippen LogP contribution in [-0.2, 0) is 4.79 Å². The maximum Gasteiger partial charge on any atom is 0.262 e. The summed E-state index contributed by atoms with van der Waals surface area (Å²) in [4.78, 5) is 11.7. The van der Waals surface area contributed by atoms with Crippen molar-refractivity contribution in [2.45, 2.75) is 0 Å². The molecule has 2 aromatic carbocycles. The van der Waals surface area contributed by atoms with Gasteiger partial charge in [0.25, 0.3) is 5.91 Å². The van der Waals surface area contributed by atoms with Crippen LogP contribution in [0.15, 0.2) is 42.5 Å². The second kappa shape index (κ2) is 6.50. The summed E-state index contributed by atoms with van der Waals surface area (Å²) >= 11 is 11.4. The Balaban J connectivity index is 1.89. The molecule has 0 bridgehead atoms. The van der Waals surface area contributed by atoms with Gasteiger partial charge in [-0.15, -0.1) is 0 Å². The number of nitrogens with one attached hydrogen (secondary N) is 1. The molecular weight excluding hydrogens is 301 g/mol. The van der Waals surface area contributed by atoms with Crippen LogP contribution in [0.2, 0.25) is 10.0 Å². The molecule has 2 aromatic rings. The van der Waals surface area contributed by atoms with E-state index >= 15 is 0 Å². The molecule has 1 amide bonds. The van der Waals surface area contributed by atoms with Gasteiger partial charge in [-0.2, -0.15) is 0 Å². The molecule has 6 heteroatoms. The highest BCUT2D eigenvalue weighted by atomic mass is 35.5. The summed E-state index contributed by atoms with van der Waals surface area (Å²) < 4.78 is 5.29. The molecule has 0 fully saturated rings. The van der Waals surface area contributed by atoms with Gasteiger partial charge in [-0.1, -0.05) is 23.2 Å². The van der Waals surface area contributed by atoms with Crippen molar-refractivity contribution in [2.24, 2.45) is 0 Å². The summed E-state index contributed by atoms with van der Waals surface area (Å²) in [5.74, 6) is 0.105. The fraction of sp³-hybridized carbons (Fsp3) is 0.0714. The SMILES string of the molecule is O=C(COc1ccc(Cl)cc1)Nc1ccc(Cl)c(O)c1. The van der Waals surface area contributed by atoms with Crippen LogP contribution in [0.4, 0.5) is 5.69 Å². The lowest BCUT2D eigenvalue weighted by atomic mass is 10.3. The molecule has 0 aromatic heterocycles. The highest BCUT2D eigenvalue weighted by Crippen LogP contribution is 2.26. The number of anilines is 1. The van der Waals surface area contributed by atoms with Crippen LogP contribution in [0.25, 0.3) is 0 Å². The smallest absolute Gasteiger partial charge is 0.262 e. The lowest BCUT2D eigenvalue weighted by molar-refractivity contribution is -0.118. The van der Waals surface area contributed by atoms with E-state index < -0.39 is 0 Å². The predicted octanol–water partition coefficient (Wildman–Crippen LogP) is 3.72. The van der Waals surface area contributed by atoms with E-state index in [0.717, 1.165) is 0 Å². The average Bonchev–Trinajstić information content (AvgIpc) is 2.42. The fourth-order valence-corrected chi connectivity index (χ4v) is 1.71. The highest BCUT2D eigenvalue weighted by molar-refractivity contribution is 6.32. The number of halogens is 2. The summed E-state index contributed by atoms with van der Waals surface area (Å²) in [5.41, 5.74) is 0.441. The lowest BCUT2D eigenvalue weighted by Crippen LogP contribution is -2.20. The number of carbonyl (C=O) groups is 1. The Kier molecular flexibility index (Phi) is 4.71. The zero-order valence-electron chi connectivity index (χ0n) is 10.3. The van der Waals surface area contributed by atoms with Crippen LogP contribution in [0.1, 0.15) is 0 Å². The van der Waals surface area contributed by atoms with Crippen molar-refractivity contribution in [3.8, 4) is 11.5 Å². The van der Waals surface area contributed by atoms with E-state index in [1.54, 1.807) is 30.3 Å². The van der Waals surface area contributed by atoms with E-state index in [2.05, 4.69) is 5.32 Å². The van der Waals surface area contributed by atoms with Crippen LogP contribution in [0, 0.1) is 0 Å². The summed E-state index contributed by atoms with van der Waals surface area (Å²) in [7, 11) is 0. The molecule has 0 saturated carbocycles. The Labute approximate surface area is 125 Å². The molecule has 0 aliphatic heterocycles. The van der Waals surface area contributed by atoms with Gasteiger partial charge in [-0.3, -0.25) is 4.79 Å². The van der Waals surface area contributed by atoms with Crippen LogP contribution in [-0.4, -0.2) is 17.6 Å². The number of carbonyl (C=O) groups excluding carboxylic acids is 1. The molecule has 104 valence electrons. The molecule has 0 atom stereocenters. The molecule has 0 aliphatic rings. The predicted molar refractivity (Wildman–Crippen MR) is 78.7 cm³/mol. The van der Waals surface area contributed by atoms with Gasteiger partial charge in [0.15, 0.2) is 6.61 Å². The Morgan fingerprint density at radius 1 is 1.15 bits per heavy atom. The quantitative estimate of drug-likeness (QED) is 0.904. The van der Waals surface area contributed by atoms with Gasteiger partial charge in [0.1, 0.15) is 11.5 Å². The molecule has 0 heterocycles. The van der Waals surface area contributed by atoms with Crippen molar-refractivity contribution in [3.05, 3.63) is 52.5 Å². The highest BCUT2D eigenvalue weighted by Gasteiger charge is 2.06. The molecule has 0 aliphatic carbocycles. The van der Waals surface area contributed by atoms with Crippen LogP contribution in [0.5, 0.6) is 11.5 Å². The van der Waals surface area contributed by atoms with Crippen molar-refractivity contribution >= 4 is 34.8 Å². The third kappa shape index (κ3) is 4.05. The van der Waals surface area contributed by atoms with E-state index in [4.69, 9.17) is 27.9 Å². The van der Waals surface area contributed by atoms with Crippen molar-refractivity contribution in [1.82, 2.24) is 0 Å². The van der Waals surface area contributed by atoms with E-state index in [-0.39, 0.29) is 23.3 Å². The Bertz CT molecular complexity index is 614. The summed E-state index contributed by atoms with van der Waals surface area (Å²) in [6, 6.07) is 11.1. The van der Waals surface area contributed by atoms with Gasteiger partial charge in [-0.25, -0.2) is 0 Å². The largest absolute Gasteiger partial charge is 0.506 e. The molecule has 2 rings (SSSR count). The number of phenols is 1. The van der Waals surface area contributed by atoms with E-state index in [9.17, 15) is 9.90 Å². The number of phenolic OH excluding ortho intramolecular Hbond substituents is 1. The number of benzene rings is 2. The second-order valence-corrected chi connectivity index (χ2v) is 4.80. The minimum Gasteiger partial charge on any atom is -0.506 e. The standard InChI is InChI=1S/C14H11Cl2NO3/c15-9-1-4-11(5-2-9)20-8-14(19)17-10-3-6-12(16)13(18)7-10/h1-7,18H,8H2,(H,17,19). The Hall–Kier alpha value is -1.91. The summed E-state index contributed by atoms with van der Waals surface area (Å²) in [6.45, 7) is -0.148. The first kappa shape index (κ1) is 14.5. The van der Waals surface area contributed by atoms with Crippen molar-refractivity contribution in [1.29, 1.82) is 0 Å². The van der Waals surface area contributed by atoms with Crippen LogP contribution >= 0.6 is 23.2 Å². The zero-order chi connectivity index (χ0) is 14.5. The third-order valence-corrected chi connectivity index (χ3v) is 2.99. The topological polar surface area (TPSA) is 58.6 Å². The van der Waals surface area contributed by atoms with E-state index in [1.165, 1.54) is 12.1 Å². The summed E-state index contributed by atoms with van der Waals surface area (Å²) in [5, 5.41) is 12.8. The molecule has 0 spiro atoms. The maximum absolute atomic E-state index is 11.7. The molecule has 2 N–H and O–H groups in total. The zero-order valence-corrected chi connectivity index (χ0v) is 11.8. The van der Waals surface area contributed by atoms with E-state index in [1.807, 2.05) is 0 Å². The molecule has 4 nitrogen and oxygen atoms in total. The average molecular weight is 312 g/mol. The lowest BCUT2D eigenvalue weighted by Gasteiger charge is -2.08. The van der Waals surface area contributed by atoms with Gasteiger partial charge in [0.2, 0.25) is 0 Å². The Morgan fingerprint density at radius 2 is 1.85 bits per heavy atom. The van der Waals surface area contributed by atoms with E-state index in [0.29, 0.717) is 16.5 Å². The first-order valence-corrected chi connectivity index (χ1v) is 6.47. The van der Waals surface area contributed by atoms with Crippen LogP contribution in [0.3, 0.4) is 0 Å². The minimum absolute atomic E-state index is 0.0944. The monoisotopic (exact) mass is 311 g/mol. The normalized spacial score (nSPS) is 10.1. The Morgan fingerprint density at radius 3 is 2.50 bits per heavy atom. The van der Waals surface area contributed by atoms with Crippen molar-refractivity contribution in [2.75, 3.05) is 11.9 Å². The number of rotatable bonds is 4. The first-order valence-electron chi connectivity index (χ1n) is 5.71. The van der Waals surface area contributed by atoms with Crippen molar-refractivity contribution < 1.29 is 14.6 Å². The van der Waals surface area contributed by atoms with Gasteiger partial charge in [0, 0.05) is 16.8 Å². The minimum atomic E-state index is -0.346. The maximum atomic E-state index is 11.7. The van der Waals surface area contributed by atoms with Crippen LogP contribution < -0.4 is 10.1 Å². The molecule has 0 unspecified atom stereocenters.